The predicted molar refractivity (Wildman–Crippen MR) is 40.8 cm³/mol. The zero-order chi connectivity index (χ0) is 7.14. The van der Waals surface area contributed by atoms with E-state index in [0.717, 1.165) is 10.3 Å². The van der Waals surface area contributed by atoms with Crippen molar-refractivity contribution in [2.24, 2.45) is 7.05 Å². The van der Waals surface area contributed by atoms with Gasteiger partial charge in [0.15, 0.2) is 5.82 Å². The molecule has 0 aliphatic heterocycles. The van der Waals surface area contributed by atoms with Gasteiger partial charge in [0.05, 0.1) is 6.33 Å². The van der Waals surface area contributed by atoms with Crippen LogP contribution in [0.3, 0.4) is 0 Å². The van der Waals surface area contributed by atoms with Crippen LogP contribution in [0.15, 0.2) is 6.33 Å². The Morgan fingerprint density at radius 3 is 3.20 bits per heavy atom. The summed E-state index contributed by atoms with van der Waals surface area (Å²) in [5.41, 5.74) is 6.33. The van der Waals surface area contributed by atoms with Gasteiger partial charge in [-0.25, -0.2) is 4.98 Å². The van der Waals surface area contributed by atoms with Gasteiger partial charge in [0.2, 0.25) is 0 Å². The lowest BCUT2D eigenvalue weighted by Crippen LogP contribution is -1.82. The van der Waals surface area contributed by atoms with Crippen LogP contribution in [0.4, 0.5) is 5.82 Å². The largest absolute Gasteiger partial charge is 0.381 e. The molecule has 2 aromatic heterocycles. The predicted octanol–water partition coefficient (Wildman–Crippen LogP) is 0.612. The maximum absolute atomic E-state index is 5.51. The summed E-state index contributed by atoms with van der Waals surface area (Å²) in [7, 11) is 1.92. The highest BCUT2D eigenvalue weighted by Gasteiger charge is 2.05. The molecule has 0 saturated carbocycles. The van der Waals surface area contributed by atoms with Gasteiger partial charge in [-0.05, 0) is 11.5 Å². The molecule has 0 aromatic carbocycles. The van der Waals surface area contributed by atoms with Crippen molar-refractivity contribution in [1.82, 2.24) is 13.9 Å². The van der Waals surface area contributed by atoms with Crippen LogP contribution in [0.1, 0.15) is 0 Å². The monoisotopic (exact) mass is 154 g/mol. The lowest BCUT2D eigenvalue weighted by molar-refractivity contribution is 0.954. The average molecular weight is 154 g/mol. The quantitative estimate of drug-likeness (QED) is 0.605. The lowest BCUT2D eigenvalue weighted by Gasteiger charge is -1.82. The molecule has 2 N–H and O–H groups in total. The highest BCUT2D eigenvalue weighted by Crippen LogP contribution is 2.21. The molecule has 2 heterocycles. The molecule has 0 atom stereocenters. The molecule has 0 aliphatic carbocycles. The number of rotatable bonds is 0. The minimum Gasteiger partial charge on any atom is -0.381 e. The number of nitrogens with zero attached hydrogens (tertiary/aromatic N) is 3. The van der Waals surface area contributed by atoms with Gasteiger partial charge in [0.25, 0.3) is 0 Å². The van der Waals surface area contributed by atoms with E-state index < -0.39 is 0 Å². The summed E-state index contributed by atoms with van der Waals surface area (Å²) in [5, 5.41) is 0. The minimum atomic E-state index is 0.528. The number of aromatic nitrogens is 3. The summed E-state index contributed by atoms with van der Waals surface area (Å²) in [5.74, 6) is 0.528. The number of imidazole rings is 1. The Bertz CT molecular complexity index is 324. The molecule has 0 unspecified atom stereocenters. The fraction of sp³-hybridized carbons (Fsp3) is 0.200. The molecule has 2 rings (SSSR count). The Morgan fingerprint density at radius 2 is 2.50 bits per heavy atom. The second kappa shape index (κ2) is 1.69. The Morgan fingerprint density at radius 1 is 1.70 bits per heavy atom. The Labute approximate surface area is 61.5 Å². The molecule has 0 fully saturated rings. The van der Waals surface area contributed by atoms with Crippen LogP contribution in [0.5, 0.6) is 0 Å². The van der Waals surface area contributed by atoms with Gasteiger partial charge in [-0.2, -0.15) is 4.37 Å². The van der Waals surface area contributed by atoms with Gasteiger partial charge in [-0.3, -0.25) is 0 Å². The van der Waals surface area contributed by atoms with E-state index in [-0.39, 0.29) is 0 Å². The van der Waals surface area contributed by atoms with E-state index in [2.05, 4.69) is 9.36 Å². The maximum atomic E-state index is 5.51. The third-order valence-corrected chi connectivity index (χ3v) is 2.30. The van der Waals surface area contributed by atoms with Crippen molar-refractivity contribution in [3.63, 3.8) is 0 Å². The number of fused-ring (bicyclic) bond motifs is 1. The Hall–Kier alpha value is -1.10. The third kappa shape index (κ3) is 0.550. The van der Waals surface area contributed by atoms with E-state index in [0.29, 0.717) is 5.82 Å². The van der Waals surface area contributed by atoms with Crippen molar-refractivity contribution >= 4 is 27.7 Å². The average Bonchev–Trinajstić information content (AvgIpc) is 2.41. The molecule has 5 heteroatoms. The van der Waals surface area contributed by atoms with Crippen molar-refractivity contribution in [2.45, 2.75) is 0 Å². The topological polar surface area (TPSA) is 56.7 Å². The number of nitrogens with two attached hydrogens (primary N) is 1. The van der Waals surface area contributed by atoms with Crippen LogP contribution in [0.25, 0.3) is 10.3 Å². The second-order valence-corrected chi connectivity index (χ2v) is 2.83. The van der Waals surface area contributed by atoms with Gasteiger partial charge >= 0.3 is 0 Å². The fourth-order valence-electron chi connectivity index (χ4n) is 0.838. The summed E-state index contributed by atoms with van der Waals surface area (Å²) in [6.45, 7) is 0. The summed E-state index contributed by atoms with van der Waals surface area (Å²) < 4.78 is 5.86. The van der Waals surface area contributed by atoms with E-state index in [1.54, 1.807) is 6.33 Å². The number of nitrogen functional groups attached to an aromatic ring is 1. The zero-order valence-corrected chi connectivity index (χ0v) is 6.22. The van der Waals surface area contributed by atoms with E-state index in [9.17, 15) is 0 Å². The summed E-state index contributed by atoms with van der Waals surface area (Å²) in [6.07, 6.45) is 1.74. The van der Waals surface area contributed by atoms with Crippen LogP contribution in [-0.2, 0) is 7.05 Å². The third-order valence-electron chi connectivity index (χ3n) is 1.36. The highest BCUT2D eigenvalue weighted by atomic mass is 32.1. The molecule has 0 radical (unpaired) electrons. The Balaban J connectivity index is 2.95. The number of aryl methyl sites for hydroxylation is 1. The molecule has 0 aliphatic rings. The van der Waals surface area contributed by atoms with E-state index in [1.165, 1.54) is 11.5 Å². The molecule has 0 spiro atoms. The molecule has 52 valence electrons. The summed E-state index contributed by atoms with van der Waals surface area (Å²) in [4.78, 5) is 5.09. The molecule has 0 amide bonds. The minimum absolute atomic E-state index is 0.528. The van der Waals surface area contributed by atoms with E-state index >= 15 is 0 Å². The van der Waals surface area contributed by atoms with Gasteiger partial charge in [-0.15, -0.1) is 0 Å². The first-order valence-corrected chi connectivity index (χ1v) is 3.58. The lowest BCUT2D eigenvalue weighted by atomic mass is 10.6. The molecular weight excluding hydrogens is 148 g/mol. The first kappa shape index (κ1) is 5.67. The first-order valence-electron chi connectivity index (χ1n) is 2.81. The molecular formula is C5H6N4S. The summed E-state index contributed by atoms with van der Waals surface area (Å²) >= 11 is 1.37. The number of hydrogen-bond donors (Lipinski definition) is 1. The summed E-state index contributed by atoms with van der Waals surface area (Å²) in [6, 6.07) is 0. The second-order valence-electron chi connectivity index (χ2n) is 2.08. The van der Waals surface area contributed by atoms with Gasteiger partial charge in [-0.1, -0.05) is 0 Å². The molecule has 0 saturated heterocycles. The first-order chi connectivity index (χ1) is 4.79. The Kier molecular flexibility index (Phi) is 0.960. The molecule has 0 bridgehead atoms. The SMILES string of the molecule is Cn1cnc2c(N)nsc21. The van der Waals surface area contributed by atoms with Crippen molar-refractivity contribution < 1.29 is 0 Å². The fourth-order valence-corrected chi connectivity index (χ4v) is 1.53. The van der Waals surface area contributed by atoms with Crippen LogP contribution >= 0.6 is 11.5 Å². The van der Waals surface area contributed by atoms with Crippen molar-refractivity contribution in [2.75, 3.05) is 5.73 Å². The standard InChI is InChI=1S/C5H6N4S/c1-9-2-7-3-4(6)8-10-5(3)9/h2H,1H3,(H2,6,8). The van der Waals surface area contributed by atoms with Crippen LogP contribution in [0.2, 0.25) is 0 Å². The number of hydrogen-bond acceptors (Lipinski definition) is 4. The van der Waals surface area contributed by atoms with Crippen LogP contribution in [0, 0.1) is 0 Å². The normalized spacial score (nSPS) is 10.9. The molecule has 4 nitrogen and oxygen atoms in total. The van der Waals surface area contributed by atoms with Crippen molar-refractivity contribution in [3.05, 3.63) is 6.33 Å². The van der Waals surface area contributed by atoms with E-state index in [4.69, 9.17) is 5.73 Å². The van der Waals surface area contributed by atoms with Gasteiger partial charge in [0, 0.05) is 7.05 Å². The maximum Gasteiger partial charge on any atom is 0.165 e. The van der Waals surface area contributed by atoms with E-state index in [1.807, 2.05) is 11.6 Å². The van der Waals surface area contributed by atoms with Gasteiger partial charge in [0.1, 0.15) is 10.3 Å². The van der Waals surface area contributed by atoms with Crippen molar-refractivity contribution in [1.29, 1.82) is 0 Å². The van der Waals surface area contributed by atoms with Crippen molar-refractivity contribution in [3.8, 4) is 0 Å². The zero-order valence-electron chi connectivity index (χ0n) is 5.40. The number of anilines is 1. The smallest absolute Gasteiger partial charge is 0.165 e. The molecule has 2 aromatic rings. The highest BCUT2D eigenvalue weighted by molar-refractivity contribution is 7.13. The van der Waals surface area contributed by atoms with Crippen LogP contribution in [-0.4, -0.2) is 13.9 Å². The molecule has 10 heavy (non-hydrogen) atoms. The van der Waals surface area contributed by atoms with Crippen LogP contribution < -0.4 is 5.73 Å². The van der Waals surface area contributed by atoms with Gasteiger partial charge < -0.3 is 10.3 Å².